The van der Waals surface area contributed by atoms with E-state index in [1.807, 2.05) is 0 Å². The van der Waals surface area contributed by atoms with E-state index in [0.29, 0.717) is 5.92 Å². The Morgan fingerprint density at radius 2 is 1.86 bits per heavy atom. The Balaban J connectivity index is 1.63. The van der Waals surface area contributed by atoms with Crippen molar-refractivity contribution in [1.82, 2.24) is 4.57 Å². The summed E-state index contributed by atoms with van der Waals surface area (Å²) in [6.07, 6.45) is 6.70. The molecule has 0 unspecified atom stereocenters. The van der Waals surface area contributed by atoms with Crippen LogP contribution in [0.4, 0.5) is 0 Å². The van der Waals surface area contributed by atoms with Crippen molar-refractivity contribution in [2.24, 2.45) is 7.05 Å². The van der Waals surface area contributed by atoms with E-state index in [9.17, 15) is 0 Å². The molecule has 1 saturated carbocycles. The largest absolute Gasteiger partial charge is 0.350 e. The lowest BCUT2D eigenvalue weighted by Crippen LogP contribution is -2.34. The van der Waals surface area contributed by atoms with E-state index in [2.05, 4.69) is 42.9 Å². The quantitative estimate of drug-likeness (QED) is 0.793. The van der Waals surface area contributed by atoms with Gasteiger partial charge in [-0.15, -0.1) is 0 Å². The first kappa shape index (κ1) is 13.4. The van der Waals surface area contributed by atoms with Crippen LogP contribution in [-0.2, 0) is 16.5 Å². The van der Waals surface area contributed by atoms with Crippen LogP contribution in [0.5, 0.6) is 0 Å². The molecule has 3 heteroatoms. The summed E-state index contributed by atoms with van der Waals surface area (Å²) >= 11 is 0. The fraction of sp³-hybridized carbons (Fsp3) is 0.556. The maximum Gasteiger partial charge on any atom is 0.168 e. The standard InChI is InChI=1S/C18H23NO2/c1-13-3-4-15-16(12-19(2)17(15)11-13)14-5-7-18(8-6-14)20-9-10-21-18/h3-4,11-12,14H,5-10H2,1-2H3. The van der Waals surface area contributed by atoms with Gasteiger partial charge in [-0.05, 0) is 42.9 Å². The van der Waals surface area contributed by atoms with E-state index in [1.54, 1.807) is 0 Å². The number of hydrogen-bond acceptors (Lipinski definition) is 2. The fourth-order valence-electron chi connectivity index (χ4n) is 4.00. The van der Waals surface area contributed by atoms with Crippen LogP contribution in [-0.4, -0.2) is 23.6 Å². The minimum atomic E-state index is -0.252. The molecular formula is C18H23NO2. The molecule has 0 bridgehead atoms. The number of aryl methyl sites for hydroxylation is 2. The lowest BCUT2D eigenvalue weighted by Gasteiger charge is -2.35. The van der Waals surface area contributed by atoms with Gasteiger partial charge in [-0.3, -0.25) is 0 Å². The summed E-state index contributed by atoms with van der Waals surface area (Å²) < 4.78 is 14.0. The van der Waals surface area contributed by atoms with Gasteiger partial charge < -0.3 is 14.0 Å². The molecule has 0 N–H and O–H groups in total. The number of benzene rings is 1. The molecule has 2 aromatic rings. The Bertz CT molecular complexity index is 657. The molecule has 2 fully saturated rings. The molecule has 1 aromatic heterocycles. The Morgan fingerprint density at radius 1 is 1.14 bits per heavy atom. The predicted octanol–water partition coefficient (Wildman–Crippen LogP) is 3.89. The number of fused-ring (bicyclic) bond motifs is 1. The molecule has 1 aliphatic carbocycles. The molecule has 2 heterocycles. The van der Waals surface area contributed by atoms with Gasteiger partial charge in [0.1, 0.15) is 0 Å². The molecule has 0 radical (unpaired) electrons. The van der Waals surface area contributed by atoms with Crippen LogP contribution in [0.2, 0.25) is 0 Å². The SMILES string of the molecule is Cc1ccc2c(C3CCC4(CC3)OCCO4)cn(C)c2c1. The minimum absolute atomic E-state index is 0.252. The highest BCUT2D eigenvalue weighted by atomic mass is 16.7. The Labute approximate surface area is 125 Å². The summed E-state index contributed by atoms with van der Waals surface area (Å²) in [7, 11) is 2.15. The van der Waals surface area contributed by atoms with Crippen LogP contribution in [0.15, 0.2) is 24.4 Å². The molecular weight excluding hydrogens is 262 g/mol. The molecule has 1 aliphatic heterocycles. The number of nitrogens with zero attached hydrogens (tertiary/aromatic N) is 1. The highest BCUT2D eigenvalue weighted by Gasteiger charge is 2.40. The summed E-state index contributed by atoms with van der Waals surface area (Å²) in [5, 5.41) is 1.41. The van der Waals surface area contributed by atoms with Crippen LogP contribution in [0.3, 0.4) is 0 Å². The first-order valence-electron chi connectivity index (χ1n) is 8.00. The van der Waals surface area contributed by atoms with E-state index in [0.717, 1.165) is 38.9 Å². The van der Waals surface area contributed by atoms with Crippen molar-refractivity contribution in [3.63, 3.8) is 0 Å². The summed E-state index contributed by atoms with van der Waals surface area (Å²) in [6.45, 7) is 3.68. The van der Waals surface area contributed by atoms with Crippen molar-refractivity contribution in [1.29, 1.82) is 0 Å². The maximum absolute atomic E-state index is 5.85. The third-order valence-electron chi connectivity index (χ3n) is 5.18. The van der Waals surface area contributed by atoms with Crippen LogP contribution in [0, 0.1) is 6.92 Å². The molecule has 21 heavy (non-hydrogen) atoms. The third-order valence-corrected chi connectivity index (χ3v) is 5.18. The Kier molecular flexibility index (Phi) is 3.09. The smallest absolute Gasteiger partial charge is 0.168 e. The molecule has 112 valence electrons. The zero-order valence-electron chi connectivity index (χ0n) is 12.9. The van der Waals surface area contributed by atoms with Gasteiger partial charge in [-0.2, -0.15) is 0 Å². The van der Waals surface area contributed by atoms with Crippen LogP contribution in [0.25, 0.3) is 10.9 Å². The Hall–Kier alpha value is -1.32. The molecule has 3 nitrogen and oxygen atoms in total. The number of hydrogen-bond donors (Lipinski definition) is 0. The van der Waals surface area contributed by atoms with Gasteiger partial charge in [0.2, 0.25) is 0 Å². The second-order valence-electron chi connectivity index (χ2n) is 6.60. The highest BCUT2D eigenvalue weighted by Crippen LogP contribution is 2.44. The number of ether oxygens (including phenoxy) is 2. The van der Waals surface area contributed by atoms with Gasteiger partial charge >= 0.3 is 0 Å². The highest BCUT2D eigenvalue weighted by molar-refractivity contribution is 5.85. The lowest BCUT2D eigenvalue weighted by molar-refractivity contribution is -0.178. The summed E-state index contributed by atoms with van der Waals surface area (Å²) in [6, 6.07) is 6.79. The topological polar surface area (TPSA) is 23.4 Å². The second kappa shape index (κ2) is 4.85. The van der Waals surface area contributed by atoms with E-state index in [-0.39, 0.29) is 5.79 Å². The molecule has 1 saturated heterocycles. The van der Waals surface area contributed by atoms with E-state index < -0.39 is 0 Å². The summed E-state index contributed by atoms with van der Waals surface area (Å²) in [4.78, 5) is 0. The van der Waals surface area contributed by atoms with Crippen molar-refractivity contribution in [3.8, 4) is 0 Å². The minimum Gasteiger partial charge on any atom is -0.350 e. The van der Waals surface area contributed by atoms with Crippen LogP contribution >= 0.6 is 0 Å². The molecule has 4 rings (SSSR count). The first-order chi connectivity index (χ1) is 10.2. The van der Waals surface area contributed by atoms with Gasteiger partial charge in [-0.1, -0.05) is 12.1 Å². The maximum atomic E-state index is 5.85. The monoisotopic (exact) mass is 285 g/mol. The van der Waals surface area contributed by atoms with Gasteiger partial charge in [0.25, 0.3) is 0 Å². The van der Waals surface area contributed by atoms with Gasteiger partial charge in [0, 0.05) is 37.0 Å². The second-order valence-corrected chi connectivity index (χ2v) is 6.60. The molecule has 1 aromatic carbocycles. The zero-order valence-corrected chi connectivity index (χ0v) is 12.9. The molecule has 1 spiro atoms. The van der Waals surface area contributed by atoms with Gasteiger partial charge in [0.05, 0.1) is 13.2 Å². The van der Waals surface area contributed by atoms with E-state index >= 15 is 0 Å². The average molecular weight is 285 g/mol. The zero-order chi connectivity index (χ0) is 14.4. The number of rotatable bonds is 1. The van der Waals surface area contributed by atoms with Crippen LogP contribution in [0.1, 0.15) is 42.7 Å². The molecule has 0 amide bonds. The first-order valence-corrected chi connectivity index (χ1v) is 8.00. The normalized spacial score (nSPS) is 22.4. The van der Waals surface area contributed by atoms with Gasteiger partial charge in [0.15, 0.2) is 5.79 Å². The fourth-order valence-corrected chi connectivity index (χ4v) is 4.00. The van der Waals surface area contributed by atoms with Crippen molar-refractivity contribution in [3.05, 3.63) is 35.5 Å². The third kappa shape index (κ3) is 2.19. The van der Waals surface area contributed by atoms with Crippen molar-refractivity contribution in [2.45, 2.75) is 44.3 Å². The summed E-state index contributed by atoms with van der Waals surface area (Å²) in [5.74, 6) is 0.382. The average Bonchev–Trinajstić information content (AvgIpc) is 3.06. The summed E-state index contributed by atoms with van der Waals surface area (Å²) in [5.41, 5.74) is 4.17. The predicted molar refractivity (Wildman–Crippen MR) is 83.5 cm³/mol. The lowest BCUT2D eigenvalue weighted by atomic mass is 9.81. The molecule has 2 aliphatic rings. The number of aromatic nitrogens is 1. The van der Waals surface area contributed by atoms with E-state index in [1.165, 1.54) is 22.0 Å². The van der Waals surface area contributed by atoms with Crippen molar-refractivity contribution in [2.75, 3.05) is 13.2 Å². The Morgan fingerprint density at radius 3 is 2.57 bits per heavy atom. The van der Waals surface area contributed by atoms with Gasteiger partial charge in [-0.25, -0.2) is 0 Å². The van der Waals surface area contributed by atoms with Crippen LogP contribution < -0.4 is 0 Å². The van der Waals surface area contributed by atoms with Crippen molar-refractivity contribution >= 4 is 10.9 Å². The molecule has 0 atom stereocenters. The van der Waals surface area contributed by atoms with Crippen molar-refractivity contribution < 1.29 is 9.47 Å². The van der Waals surface area contributed by atoms with E-state index in [4.69, 9.17) is 9.47 Å².